The summed E-state index contributed by atoms with van der Waals surface area (Å²) in [6.45, 7) is 12.3. The molecule has 7 N–H and O–H groups in total. The lowest BCUT2D eigenvalue weighted by molar-refractivity contribution is -0.142. The maximum absolute atomic E-state index is 14.6. The van der Waals surface area contributed by atoms with Gasteiger partial charge in [-0.15, -0.1) is 5.10 Å². The number of aryl methyl sites for hydroxylation is 2. The van der Waals surface area contributed by atoms with Crippen LogP contribution in [-0.2, 0) is 25.7 Å². The number of aliphatic hydroxyl groups excluding tert-OH is 1. The number of nitrogens with two attached hydrogens (primary N) is 1. The molecule has 0 radical (unpaired) electrons. The SMILES string of the molecule is CO[C@@H](C)COC1N=C(N2C[C@@H]3C[C@H]2CN3)c2cc(C3CC3)c(-c3c(C)ccc(N)c3C=N)c(OCc3ccc(-c4cn([C@H](C(=O)N5CCC[C@H]5C(=O)N[C@@H](CO)c5ccc(-c6cccnc6C)cc5)C(C)C)nn4)cc3)c2N1. The van der Waals surface area contributed by atoms with Crippen LogP contribution in [0.3, 0.4) is 0 Å². The lowest BCUT2D eigenvalue weighted by Gasteiger charge is -2.37. The van der Waals surface area contributed by atoms with Gasteiger partial charge in [0.1, 0.15) is 30.2 Å². The molecule has 6 aromatic rings. The normalized spacial score (nSPS) is 20.6. The van der Waals surface area contributed by atoms with Crippen LogP contribution in [0.2, 0.25) is 0 Å². The molecule has 3 saturated heterocycles. The van der Waals surface area contributed by atoms with E-state index in [1.807, 2.05) is 100 Å². The molecule has 0 spiro atoms. The fourth-order valence-corrected chi connectivity index (χ4v) is 11.9. The predicted molar refractivity (Wildman–Crippen MR) is 305 cm³/mol. The second kappa shape index (κ2) is 22.7. The number of pyridine rings is 1. The van der Waals surface area contributed by atoms with E-state index >= 15 is 0 Å². The minimum absolute atomic E-state index is 0.150. The third-order valence-corrected chi connectivity index (χ3v) is 16.5. The van der Waals surface area contributed by atoms with E-state index < -0.39 is 24.5 Å². The highest BCUT2D eigenvalue weighted by molar-refractivity contribution is 6.10. The number of anilines is 2. The zero-order chi connectivity index (χ0) is 55.1. The van der Waals surface area contributed by atoms with E-state index in [4.69, 9.17) is 30.3 Å². The third-order valence-electron chi connectivity index (χ3n) is 16.5. The highest BCUT2D eigenvalue weighted by atomic mass is 16.5. The number of benzene rings is 4. The first-order chi connectivity index (χ1) is 38.3. The number of hydrogen-bond donors (Lipinski definition) is 6. The van der Waals surface area contributed by atoms with Crippen molar-refractivity contribution in [1.82, 2.24) is 40.4 Å². The van der Waals surface area contributed by atoms with E-state index in [-0.39, 0.29) is 37.0 Å². The van der Waals surface area contributed by atoms with Crippen LogP contribution < -0.4 is 26.4 Å². The number of amidine groups is 1. The van der Waals surface area contributed by atoms with Crippen molar-refractivity contribution in [3.05, 3.63) is 130 Å². The number of methoxy groups -OCH3 is 1. The largest absolute Gasteiger partial charge is 0.486 e. The van der Waals surface area contributed by atoms with Crippen molar-refractivity contribution in [2.24, 2.45) is 10.9 Å². The fourth-order valence-electron chi connectivity index (χ4n) is 11.9. The Morgan fingerprint density at radius 1 is 0.987 bits per heavy atom. The first-order valence-corrected chi connectivity index (χ1v) is 27.8. The summed E-state index contributed by atoms with van der Waals surface area (Å²) in [7, 11) is 1.67. The molecule has 6 heterocycles. The van der Waals surface area contributed by atoms with Crippen molar-refractivity contribution in [2.75, 3.05) is 51.0 Å². The number of ether oxygens (including phenoxy) is 3. The maximum Gasteiger partial charge on any atom is 0.248 e. The lowest BCUT2D eigenvalue weighted by Crippen LogP contribution is -2.50. The van der Waals surface area contributed by atoms with Gasteiger partial charge in [0.2, 0.25) is 18.2 Å². The van der Waals surface area contributed by atoms with Gasteiger partial charge in [0.15, 0.2) is 5.75 Å². The van der Waals surface area contributed by atoms with Crippen LogP contribution in [0.4, 0.5) is 11.4 Å². The van der Waals surface area contributed by atoms with Crippen molar-refractivity contribution >= 4 is 35.2 Å². The van der Waals surface area contributed by atoms with Gasteiger partial charge in [-0.05, 0) is 116 Å². The summed E-state index contributed by atoms with van der Waals surface area (Å²) in [4.78, 5) is 42.4. The molecule has 1 unspecified atom stereocenters. The zero-order valence-corrected chi connectivity index (χ0v) is 45.9. The number of carbonyl (C=O) groups is 2. The average molecular weight is 1070 g/mol. The Hall–Kier alpha value is -7.51. The summed E-state index contributed by atoms with van der Waals surface area (Å²) >= 11 is 0. The van der Waals surface area contributed by atoms with Crippen LogP contribution in [0.25, 0.3) is 33.5 Å². The summed E-state index contributed by atoms with van der Waals surface area (Å²) in [5.41, 5.74) is 19.5. The van der Waals surface area contributed by atoms with E-state index in [2.05, 4.69) is 49.1 Å². The summed E-state index contributed by atoms with van der Waals surface area (Å²) < 4.78 is 20.8. The van der Waals surface area contributed by atoms with E-state index in [0.717, 1.165) is 105 Å². The van der Waals surface area contributed by atoms with E-state index in [0.29, 0.717) is 66.7 Å². The second-order valence-corrected chi connectivity index (χ2v) is 22.2. The third kappa shape index (κ3) is 10.7. The molecule has 4 aliphatic heterocycles. The summed E-state index contributed by atoms with van der Waals surface area (Å²) in [6.07, 6.45) is 8.35. The molecule has 4 fully saturated rings. The first-order valence-electron chi connectivity index (χ1n) is 27.8. The average Bonchev–Trinajstić information content (AvgIpc) is 4.11. The number of hydrogen-bond acceptors (Lipinski definition) is 15. The molecule has 11 rings (SSSR count). The van der Waals surface area contributed by atoms with Crippen LogP contribution in [0.1, 0.15) is 110 Å². The van der Waals surface area contributed by atoms with Gasteiger partial charge in [0, 0.05) is 90.4 Å². The van der Waals surface area contributed by atoms with Crippen LogP contribution in [0.15, 0.2) is 96.2 Å². The van der Waals surface area contributed by atoms with Crippen LogP contribution >= 0.6 is 0 Å². The molecule has 1 saturated carbocycles. The summed E-state index contributed by atoms with van der Waals surface area (Å²) in [5, 5.41) is 38.5. The van der Waals surface area contributed by atoms with Gasteiger partial charge in [-0.3, -0.25) is 14.6 Å². The number of fused-ring (bicyclic) bond motifs is 3. The summed E-state index contributed by atoms with van der Waals surface area (Å²) in [6, 6.07) is 24.5. The van der Waals surface area contributed by atoms with Crippen molar-refractivity contribution in [3.8, 4) is 39.3 Å². The van der Waals surface area contributed by atoms with Crippen LogP contribution in [-0.4, -0.2) is 129 Å². The Kier molecular flexibility index (Phi) is 15.4. The molecular weight excluding hydrogens is 997 g/mol. The van der Waals surface area contributed by atoms with Crippen LogP contribution in [0, 0.1) is 25.2 Å². The smallest absolute Gasteiger partial charge is 0.248 e. The molecule has 2 amide bonds. The molecule has 18 heteroatoms. The van der Waals surface area contributed by atoms with Gasteiger partial charge < -0.3 is 56.2 Å². The molecule has 7 atom stereocenters. The molecule has 2 aromatic heterocycles. The molecule has 1 aliphatic carbocycles. The Labute approximate surface area is 461 Å². The van der Waals surface area contributed by atoms with Gasteiger partial charge in [-0.25, -0.2) is 9.67 Å². The Morgan fingerprint density at radius 2 is 1.77 bits per heavy atom. The Balaban J connectivity index is 0.842. The van der Waals surface area contributed by atoms with Gasteiger partial charge in [0.25, 0.3) is 0 Å². The number of nitrogens with one attached hydrogen (secondary N) is 4. The van der Waals surface area contributed by atoms with Crippen molar-refractivity contribution in [1.29, 1.82) is 5.41 Å². The topological polar surface area (TPSA) is 230 Å². The molecule has 4 aromatic carbocycles. The number of aromatic nitrogens is 4. The number of amides is 2. The van der Waals surface area contributed by atoms with E-state index in [1.165, 1.54) is 6.21 Å². The second-order valence-electron chi connectivity index (χ2n) is 22.2. The van der Waals surface area contributed by atoms with Gasteiger partial charge in [0.05, 0.1) is 37.2 Å². The quantitative estimate of drug-likeness (QED) is 0.0335. The monoisotopic (exact) mass is 1070 g/mol. The fraction of sp³-hybridized carbons (Fsp3) is 0.426. The minimum atomic E-state index is -0.715. The number of aliphatic hydroxyl groups is 1. The highest BCUT2D eigenvalue weighted by Crippen LogP contribution is 2.54. The molecule has 2 bridgehead atoms. The highest BCUT2D eigenvalue weighted by Gasteiger charge is 2.44. The number of nitrogen functional groups attached to an aromatic ring is 1. The molecule has 79 heavy (non-hydrogen) atoms. The first kappa shape index (κ1) is 53.5. The molecular formula is C61H72N12O6. The summed E-state index contributed by atoms with van der Waals surface area (Å²) in [5.74, 6) is 1.16. The van der Waals surface area contributed by atoms with Crippen molar-refractivity contribution < 1.29 is 28.9 Å². The van der Waals surface area contributed by atoms with Crippen molar-refractivity contribution in [3.63, 3.8) is 0 Å². The van der Waals surface area contributed by atoms with Crippen molar-refractivity contribution in [2.45, 2.75) is 122 Å². The van der Waals surface area contributed by atoms with E-state index in [9.17, 15) is 14.7 Å². The Morgan fingerprint density at radius 3 is 2.46 bits per heavy atom. The standard InChI is InChI=1S/C61H72N12O6/c1-34(2)56(60(76)71-24-8-10-52(71)59(75)66-51(31-74)42-20-18-39(19-21-42)45-9-7-23-64-37(45)5)73-30-50(69-70-73)41-14-12-38(13-15-41)33-78-57-54(53-35(3)11-22-49(63)48(53)27-62)46(40-16-17-40)26-47-55(57)67-61(79-32-36(4)77-6)68-58(47)72-29-43-25-44(72)28-65-43/h7,9,11-15,18-23,26-27,30,34,36,40,43-44,51-52,56,61-62,65,67,74H,8,10,16-17,24-25,28-29,31-33,63H2,1-6H3,(H,66,75)/t36-,43-,44-,51-,52-,56-,61?/m0/s1. The number of nitrogens with zero attached hydrogens (tertiary/aromatic N) is 7. The Bertz CT molecular complexity index is 3270. The predicted octanol–water partition coefficient (Wildman–Crippen LogP) is 7.92. The van der Waals surface area contributed by atoms with Gasteiger partial charge in [-0.1, -0.05) is 79.7 Å². The maximum atomic E-state index is 14.6. The zero-order valence-electron chi connectivity index (χ0n) is 45.9. The lowest BCUT2D eigenvalue weighted by atomic mass is 9.86. The molecule has 412 valence electrons. The minimum Gasteiger partial charge on any atom is -0.486 e. The number of carbonyl (C=O) groups excluding carboxylic acids is 2. The van der Waals surface area contributed by atoms with Gasteiger partial charge >= 0.3 is 0 Å². The number of rotatable bonds is 19. The van der Waals surface area contributed by atoms with E-state index in [1.54, 1.807) is 29.1 Å². The molecule has 18 nitrogen and oxygen atoms in total. The molecule has 5 aliphatic rings. The van der Waals surface area contributed by atoms with Crippen LogP contribution in [0.5, 0.6) is 5.75 Å². The number of aliphatic imine (C=N–C) groups is 1. The van der Waals surface area contributed by atoms with Gasteiger partial charge in [-0.2, -0.15) is 0 Å². The number of piperazine rings is 1. The number of likely N-dealkylation sites (tertiary alicyclic amines) is 2.